The van der Waals surface area contributed by atoms with E-state index >= 15 is 0 Å². The predicted molar refractivity (Wildman–Crippen MR) is 89.0 cm³/mol. The SMILES string of the molecule is O=C(Nc1cc(F)ccc1C(=O)NCC[C@@H]1CCCO1)c1ccoc1. The molecular weight excluding hydrogens is 327 g/mol. The summed E-state index contributed by atoms with van der Waals surface area (Å²) in [6.07, 6.45) is 5.58. The average molecular weight is 346 g/mol. The highest BCUT2D eigenvalue weighted by Gasteiger charge is 2.18. The number of benzene rings is 1. The number of anilines is 1. The third-order valence-electron chi connectivity index (χ3n) is 4.03. The molecule has 1 aliphatic heterocycles. The van der Waals surface area contributed by atoms with Gasteiger partial charge in [0.15, 0.2) is 0 Å². The number of amides is 2. The van der Waals surface area contributed by atoms with Crippen molar-refractivity contribution in [2.75, 3.05) is 18.5 Å². The van der Waals surface area contributed by atoms with Gasteiger partial charge in [-0.3, -0.25) is 9.59 Å². The summed E-state index contributed by atoms with van der Waals surface area (Å²) in [5.74, 6) is -1.40. The highest BCUT2D eigenvalue weighted by Crippen LogP contribution is 2.19. The van der Waals surface area contributed by atoms with Crippen LogP contribution in [0.5, 0.6) is 0 Å². The van der Waals surface area contributed by atoms with Crippen molar-refractivity contribution in [3.8, 4) is 0 Å². The summed E-state index contributed by atoms with van der Waals surface area (Å²) < 4.78 is 23.9. The molecule has 1 aromatic heterocycles. The first-order valence-corrected chi connectivity index (χ1v) is 8.16. The fourth-order valence-electron chi connectivity index (χ4n) is 2.72. The Labute approximate surface area is 144 Å². The van der Waals surface area contributed by atoms with E-state index in [2.05, 4.69) is 10.6 Å². The molecule has 132 valence electrons. The van der Waals surface area contributed by atoms with Crippen LogP contribution in [-0.2, 0) is 4.74 Å². The van der Waals surface area contributed by atoms with E-state index in [4.69, 9.17) is 9.15 Å². The second-order valence-corrected chi connectivity index (χ2v) is 5.84. The number of nitrogens with one attached hydrogen (secondary N) is 2. The second-order valence-electron chi connectivity index (χ2n) is 5.84. The molecule has 25 heavy (non-hydrogen) atoms. The lowest BCUT2D eigenvalue weighted by atomic mass is 10.1. The van der Waals surface area contributed by atoms with Crippen molar-refractivity contribution < 1.29 is 23.1 Å². The highest BCUT2D eigenvalue weighted by atomic mass is 19.1. The van der Waals surface area contributed by atoms with Crippen LogP contribution in [0.3, 0.4) is 0 Å². The first kappa shape index (κ1) is 17.2. The van der Waals surface area contributed by atoms with E-state index < -0.39 is 11.7 Å². The third-order valence-corrected chi connectivity index (χ3v) is 4.03. The number of hydrogen-bond donors (Lipinski definition) is 2. The Bertz CT molecular complexity index is 740. The van der Waals surface area contributed by atoms with Gasteiger partial charge in [-0.2, -0.15) is 0 Å². The van der Waals surface area contributed by atoms with E-state index in [1.54, 1.807) is 0 Å². The van der Waals surface area contributed by atoms with Crippen LogP contribution in [0.4, 0.5) is 10.1 Å². The largest absolute Gasteiger partial charge is 0.472 e. The summed E-state index contributed by atoms with van der Waals surface area (Å²) >= 11 is 0. The van der Waals surface area contributed by atoms with Gasteiger partial charge in [0.1, 0.15) is 12.1 Å². The van der Waals surface area contributed by atoms with E-state index in [-0.39, 0.29) is 28.8 Å². The summed E-state index contributed by atoms with van der Waals surface area (Å²) in [7, 11) is 0. The molecular formula is C18H19FN2O4. The molecule has 1 aliphatic rings. The van der Waals surface area contributed by atoms with E-state index in [1.165, 1.54) is 30.7 Å². The molecule has 0 aliphatic carbocycles. The fourth-order valence-corrected chi connectivity index (χ4v) is 2.72. The number of ether oxygens (including phenoxy) is 1. The first-order chi connectivity index (χ1) is 12.1. The third kappa shape index (κ3) is 4.45. The maximum atomic E-state index is 13.5. The molecule has 1 saturated heterocycles. The van der Waals surface area contributed by atoms with Gasteiger partial charge < -0.3 is 19.8 Å². The molecule has 2 N–H and O–H groups in total. The summed E-state index contributed by atoms with van der Waals surface area (Å²) in [5, 5.41) is 5.32. The molecule has 1 aromatic carbocycles. The van der Waals surface area contributed by atoms with Crippen LogP contribution < -0.4 is 10.6 Å². The Balaban J connectivity index is 1.65. The van der Waals surface area contributed by atoms with Crippen LogP contribution in [0.2, 0.25) is 0 Å². The molecule has 0 spiro atoms. The maximum Gasteiger partial charge on any atom is 0.258 e. The highest BCUT2D eigenvalue weighted by molar-refractivity contribution is 6.08. The summed E-state index contributed by atoms with van der Waals surface area (Å²) in [6, 6.07) is 5.13. The summed E-state index contributed by atoms with van der Waals surface area (Å²) in [6.45, 7) is 1.22. The molecule has 0 bridgehead atoms. The van der Waals surface area contributed by atoms with Gasteiger partial charge in [-0.25, -0.2) is 4.39 Å². The van der Waals surface area contributed by atoms with Crippen molar-refractivity contribution in [3.05, 3.63) is 53.7 Å². The van der Waals surface area contributed by atoms with Gasteiger partial charge in [-0.1, -0.05) is 0 Å². The van der Waals surface area contributed by atoms with Gasteiger partial charge in [0.05, 0.1) is 29.2 Å². The monoisotopic (exact) mass is 346 g/mol. The minimum Gasteiger partial charge on any atom is -0.472 e. The topological polar surface area (TPSA) is 80.6 Å². The molecule has 0 radical (unpaired) electrons. The maximum absolute atomic E-state index is 13.5. The first-order valence-electron chi connectivity index (χ1n) is 8.16. The van der Waals surface area contributed by atoms with Crippen LogP contribution in [0.25, 0.3) is 0 Å². The summed E-state index contributed by atoms with van der Waals surface area (Å²) in [5.41, 5.74) is 0.598. The zero-order valence-electron chi connectivity index (χ0n) is 13.6. The van der Waals surface area contributed by atoms with Crippen molar-refractivity contribution in [3.63, 3.8) is 0 Å². The molecule has 2 heterocycles. The number of hydrogen-bond acceptors (Lipinski definition) is 4. The Morgan fingerprint density at radius 2 is 2.12 bits per heavy atom. The van der Waals surface area contributed by atoms with E-state index in [0.717, 1.165) is 31.9 Å². The van der Waals surface area contributed by atoms with Gasteiger partial charge in [-0.05, 0) is 43.5 Å². The quantitative estimate of drug-likeness (QED) is 0.843. The van der Waals surface area contributed by atoms with Crippen LogP contribution in [-0.4, -0.2) is 31.1 Å². The zero-order chi connectivity index (χ0) is 17.6. The molecule has 2 amide bonds. The molecule has 1 fully saturated rings. The van der Waals surface area contributed by atoms with Gasteiger partial charge in [0, 0.05) is 13.2 Å². The molecule has 6 nitrogen and oxygen atoms in total. The zero-order valence-corrected chi connectivity index (χ0v) is 13.6. The van der Waals surface area contributed by atoms with Crippen LogP contribution in [0, 0.1) is 5.82 Å². The fraction of sp³-hybridized carbons (Fsp3) is 0.333. The van der Waals surface area contributed by atoms with Crippen molar-refractivity contribution in [1.82, 2.24) is 5.32 Å². The number of carbonyl (C=O) groups is 2. The Morgan fingerprint density at radius 1 is 1.24 bits per heavy atom. The second kappa shape index (κ2) is 7.94. The normalized spacial score (nSPS) is 16.6. The smallest absolute Gasteiger partial charge is 0.258 e. The average Bonchev–Trinajstić information content (AvgIpc) is 3.28. The lowest BCUT2D eigenvalue weighted by Gasteiger charge is -2.13. The molecule has 0 unspecified atom stereocenters. The lowest BCUT2D eigenvalue weighted by molar-refractivity contribution is 0.0908. The standard InChI is InChI=1S/C18H19FN2O4/c19-13-3-4-15(18(23)20-7-5-14-2-1-8-25-14)16(10-13)21-17(22)12-6-9-24-11-12/h3-4,6,9-11,14H,1-2,5,7-8H2,(H,20,23)(H,21,22)/t14-/m0/s1. The Kier molecular flexibility index (Phi) is 5.45. The van der Waals surface area contributed by atoms with Gasteiger partial charge in [-0.15, -0.1) is 0 Å². The number of carbonyl (C=O) groups excluding carboxylic acids is 2. The predicted octanol–water partition coefficient (Wildman–Crippen LogP) is 2.97. The number of furan rings is 1. The Hall–Kier alpha value is -2.67. The number of rotatable bonds is 6. The molecule has 3 rings (SSSR count). The van der Waals surface area contributed by atoms with Crippen molar-refractivity contribution in [1.29, 1.82) is 0 Å². The van der Waals surface area contributed by atoms with Gasteiger partial charge in [0.2, 0.25) is 0 Å². The molecule has 2 aromatic rings. The van der Waals surface area contributed by atoms with Gasteiger partial charge >= 0.3 is 0 Å². The minimum atomic E-state index is -0.543. The van der Waals surface area contributed by atoms with Crippen LogP contribution in [0.1, 0.15) is 40.0 Å². The van der Waals surface area contributed by atoms with E-state index in [9.17, 15) is 14.0 Å². The molecule has 0 saturated carbocycles. The van der Waals surface area contributed by atoms with Crippen LogP contribution in [0.15, 0.2) is 41.2 Å². The van der Waals surface area contributed by atoms with E-state index in [0.29, 0.717) is 6.54 Å². The number of halogens is 1. The lowest BCUT2D eigenvalue weighted by Crippen LogP contribution is -2.28. The minimum absolute atomic E-state index is 0.112. The van der Waals surface area contributed by atoms with Crippen molar-refractivity contribution >= 4 is 17.5 Å². The van der Waals surface area contributed by atoms with Crippen LogP contribution >= 0.6 is 0 Å². The molecule has 1 atom stereocenters. The van der Waals surface area contributed by atoms with Crippen molar-refractivity contribution in [2.24, 2.45) is 0 Å². The van der Waals surface area contributed by atoms with Crippen molar-refractivity contribution in [2.45, 2.75) is 25.4 Å². The Morgan fingerprint density at radius 3 is 2.84 bits per heavy atom. The summed E-state index contributed by atoms with van der Waals surface area (Å²) in [4.78, 5) is 24.5. The molecule has 7 heteroatoms. The van der Waals surface area contributed by atoms with Gasteiger partial charge in [0.25, 0.3) is 11.8 Å². The van der Waals surface area contributed by atoms with E-state index in [1.807, 2.05) is 0 Å².